The van der Waals surface area contributed by atoms with Crippen LogP contribution >= 0.6 is 0 Å². The molecule has 0 spiro atoms. The maximum Gasteiger partial charge on any atom is 0.374 e. The lowest BCUT2D eigenvalue weighted by Gasteiger charge is -2.02. The average molecular weight is 242 g/mol. The Bertz CT molecular complexity index is 388. The maximum atomic E-state index is 11.4. The second-order valence-corrected chi connectivity index (χ2v) is 3.19. The monoisotopic (exact) mass is 242 g/mol. The van der Waals surface area contributed by atoms with Crippen LogP contribution in [0.2, 0.25) is 0 Å². The van der Waals surface area contributed by atoms with Gasteiger partial charge in [-0.15, -0.1) is 0 Å². The van der Waals surface area contributed by atoms with Crippen LogP contribution in [0.15, 0.2) is 10.6 Å². The Morgan fingerprint density at radius 2 is 2.35 bits per heavy atom. The van der Waals surface area contributed by atoms with Gasteiger partial charge < -0.3 is 19.7 Å². The predicted molar refractivity (Wildman–Crippen MR) is 56.9 cm³/mol. The summed E-state index contributed by atoms with van der Waals surface area (Å²) in [6.45, 7) is 3.53. The molecular formula is C10H14N2O5. The lowest BCUT2D eigenvalue weighted by Crippen LogP contribution is -2.25. The normalized spacial score (nSPS) is 10.2. The molecule has 0 radical (unpaired) electrons. The van der Waals surface area contributed by atoms with Crippen molar-refractivity contribution in [1.29, 1.82) is 0 Å². The fourth-order valence-electron chi connectivity index (χ4n) is 1.09. The third kappa shape index (κ3) is 4.23. The van der Waals surface area contributed by atoms with Gasteiger partial charge in [0.05, 0.1) is 0 Å². The molecule has 7 nitrogen and oxygen atoms in total. The zero-order valence-corrected chi connectivity index (χ0v) is 9.43. The number of rotatable bonds is 7. The Kier molecular flexibility index (Phi) is 5.15. The van der Waals surface area contributed by atoms with Gasteiger partial charge in [0, 0.05) is 25.8 Å². The Morgan fingerprint density at radius 3 is 2.94 bits per heavy atom. The Morgan fingerprint density at radius 1 is 1.59 bits per heavy atom. The van der Waals surface area contributed by atoms with Crippen LogP contribution in [0.1, 0.15) is 34.4 Å². The molecule has 0 aliphatic rings. The molecule has 1 amide bonds. The number of carboxylic acid groups (broad SMARTS) is 1. The highest BCUT2D eigenvalue weighted by Gasteiger charge is 2.15. The molecule has 0 aliphatic heterocycles. The molecule has 0 aliphatic carbocycles. The second kappa shape index (κ2) is 6.64. The summed E-state index contributed by atoms with van der Waals surface area (Å²) in [5, 5.41) is 14.5. The van der Waals surface area contributed by atoms with Gasteiger partial charge in [0.25, 0.3) is 5.91 Å². The molecule has 1 heterocycles. The van der Waals surface area contributed by atoms with Crippen LogP contribution in [-0.2, 0) is 4.74 Å². The largest absolute Gasteiger partial charge is 0.475 e. The molecule has 7 heteroatoms. The molecule has 1 aromatic heterocycles. The SMILES string of the molecule is CCOCCCNC(=O)c1cc(C(=O)O)on1. The summed E-state index contributed by atoms with van der Waals surface area (Å²) in [5.74, 6) is -2.07. The van der Waals surface area contributed by atoms with Gasteiger partial charge in [-0.1, -0.05) is 5.16 Å². The molecule has 0 saturated carbocycles. The van der Waals surface area contributed by atoms with Gasteiger partial charge in [-0.2, -0.15) is 0 Å². The van der Waals surface area contributed by atoms with Gasteiger partial charge in [0.2, 0.25) is 5.76 Å². The third-order valence-electron chi connectivity index (χ3n) is 1.91. The van der Waals surface area contributed by atoms with Crippen molar-refractivity contribution in [2.24, 2.45) is 0 Å². The van der Waals surface area contributed by atoms with Crippen molar-refractivity contribution in [3.63, 3.8) is 0 Å². The van der Waals surface area contributed by atoms with Crippen LogP contribution in [0, 0.1) is 0 Å². The number of ether oxygens (including phenoxy) is 1. The Hall–Kier alpha value is -1.89. The average Bonchev–Trinajstić information content (AvgIpc) is 2.78. The summed E-state index contributed by atoms with van der Waals surface area (Å²) in [6.07, 6.45) is 0.684. The number of aromatic carboxylic acids is 1. The molecule has 0 fully saturated rings. The van der Waals surface area contributed by atoms with Gasteiger partial charge in [0.15, 0.2) is 5.69 Å². The summed E-state index contributed by atoms with van der Waals surface area (Å²) < 4.78 is 9.55. The van der Waals surface area contributed by atoms with E-state index < -0.39 is 11.9 Å². The molecule has 2 N–H and O–H groups in total. The minimum absolute atomic E-state index is 0.0428. The van der Waals surface area contributed by atoms with E-state index in [1.165, 1.54) is 0 Å². The number of carboxylic acids is 1. The molecule has 0 saturated heterocycles. The van der Waals surface area contributed by atoms with Crippen LogP contribution in [0.25, 0.3) is 0 Å². The van der Waals surface area contributed by atoms with Crippen molar-refractivity contribution in [2.75, 3.05) is 19.8 Å². The first-order chi connectivity index (χ1) is 8.15. The Labute approximate surface area is 97.7 Å². The van der Waals surface area contributed by atoms with Crippen molar-refractivity contribution in [1.82, 2.24) is 10.5 Å². The van der Waals surface area contributed by atoms with Gasteiger partial charge in [0.1, 0.15) is 0 Å². The zero-order chi connectivity index (χ0) is 12.7. The fraction of sp³-hybridized carbons (Fsp3) is 0.500. The first-order valence-corrected chi connectivity index (χ1v) is 5.21. The van der Waals surface area contributed by atoms with E-state index in [0.29, 0.717) is 26.2 Å². The highest BCUT2D eigenvalue weighted by molar-refractivity contribution is 5.94. The van der Waals surface area contributed by atoms with Gasteiger partial charge in [-0.3, -0.25) is 4.79 Å². The lowest BCUT2D eigenvalue weighted by atomic mass is 10.3. The van der Waals surface area contributed by atoms with E-state index in [0.717, 1.165) is 6.07 Å². The molecule has 94 valence electrons. The summed E-state index contributed by atoms with van der Waals surface area (Å²) in [5.41, 5.74) is -0.0428. The number of amides is 1. The van der Waals surface area contributed by atoms with E-state index in [-0.39, 0.29) is 11.5 Å². The summed E-state index contributed by atoms with van der Waals surface area (Å²) in [7, 11) is 0. The van der Waals surface area contributed by atoms with E-state index in [1.54, 1.807) is 0 Å². The molecule has 17 heavy (non-hydrogen) atoms. The highest BCUT2D eigenvalue weighted by Crippen LogP contribution is 2.03. The number of aromatic nitrogens is 1. The number of nitrogens with one attached hydrogen (secondary N) is 1. The van der Waals surface area contributed by atoms with E-state index in [4.69, 9.17) is 9.84 Å². The van der Waals surface area contributed by atoms with Crippen LogP contribution < -0.4 is 5.32 Å². The Balaban J connectivity index is 2.34. The number of nitrogens with zero attached hydrogens (tertiary/aromatic N) is 1. The minimum Gasteiger partial charge on any atom is -0.475 e. The number of hydrogen-bond acceptors (Lipinski definition) is 5. The minimum atomic E-state index is -1.26. The summed E-state index contributed by atoms with van der Waals surface area (Å²) in [4.78, 5) is 21.9. The van der Waals surface area contributed by atoms with Crippen molar-refractivity contribution >= 4 is 11.9 Å². The van der Waals surface area contributed by atoms with E-state index in [1.807, 2.05) is 6.92 Å². The number of hydrogen-bond donors (Lipinski definition) is 2. The van der Waals surface area contributed by atoms with E-state index in [9.17, 15) is 9.59 Å². The molecule has 1 rings (SSSR count). The van der Waals surface area contributed by atoms with Crippen LogP contribution in [0.3, 0.4) is 0 Å². The molecule has 0 bridgehead atoms. The summed E-state index contributed by atoms with van der Waals surface area (Å²) in [6, 6.07) is 1.08. The van der Waals surface area contributed by atoms with Crippen molar-refractivity contribution in [3.05, 3.63) is 17.5 Å². The predicted octanol–water partition coefficient (Wildman–Crippen LogP) is 0.529. The molecule has 0 atom stereocenters. The smallest absolute Gasteiger partial charge is 0.374 e. The summed E-state index contributed by atoms with van der Waals surface area (Å²) >= 11 is 0. The second-order valence-electron chi connectivity index (χ2n) is 3.19. The van der Waals surface area contributed by atoms with Crippen molar-refractivity contribution in [2.45, 2.75) is 13.3 Å². The first kappa shape index (κ1) is 13.2. The van der Waals surface area contributed by atoms with E-state index >= 15 is 0 Å². The third-order valence-corrected chi connectivity index (χ3v) is 1.91. The maximum absolute atomic E-state index is 11.4. The molecule has 1 aromatic rings. The topological polar surface area (TPSA) is 102 Å². The molecule has 0 unspecified atom stereocenters. The number of carbonyl (C=O) groups excluding carboxylic acids is 1. The number of carbonyl (C=O) groups is 2. The van der Waals surface area contributed by atoms with Gasteiger partial charge in [-0.05, 0) is 13.3 Å². The van der Waals surface area contributed by atoms with Gasteiger partial charge in [-0.25, -0.2) is 4.79 Å². The van der Waals surface area contributed by atoms with Gasteiger partial charge >= 0.3 is 5.97 Å². The van der Waals surface area contributed by atoms with E-state index in [2.05, 4.69) is 15.0 Å². The molecular weight excluding hydrogens is 228 g/mol. The first-order valence-electron chi connectivity index (χ1n) is 5.21. The quantitative estimate of drug-likeness (QED) is 0.676. The standard InChI is InChI=1S/C10H14N2O5/c1-2-16-5-3-4-11-9(13)7-6-8(10(14)15)17-12-7/h6H,2-5H2,1H3,(H,11,13)(H,14,15). The van der Waals surface area contributed by atoms with Crippen LogP contribution in [0.4, 0.5) is 0 Å². The zero-order valence-electron chi connectivity index (χ0n) is 9.43. The fourth-order valence-corrected chi connectivity index (χ4v) is 1.09. The molecule has 0 aromatic carbocycles. The van der Waals surface area contributed by atoms with Crippen LogP contribution in [-0.4, -0.2) is 41.9 Å². The van der Waals surface area contributed by atoms with Crippen molar-refractivity contribution < 1.29 is 24.0 Å². The van der Waals surface area contributed by atoms with Crippen LogP contribution in [0.5, 0.6) is 0 Å². The highest BCUT2D eigenvalue weighted by atomic mass is 16.5. The lowest BCUT2D eigenvalue weighted by molar-refractivity contribution is 0.0651. The van der Waals surface area contributed by atoms with Crippen molar-refractivity contribution in [3.8, 4) is 0 Å².